The minimum atomic E-state index is -0.740. The third-order valence-electron chi connectivity index (χ3n) is 3.55. The van der Waals surface area contributed by atoms with Crippen LogP contribution in [0.3, 0.4) is 0 Å². The number of anilines is 4. The van der Waals surface area contributed by atoms with Gasteiger partial charge >= 0.3 is 5.97 Å². The molecule has 0 aliphatic carbocycles. The largest absolute Gasteiger partial charge is 0.462 e. The summed E-state index contributed by atoms with van der Waals surface area (Å²) in [6.07, 6.45) is 1.28. The highest BCUT2D eigenvalue weighted by atomic mass is 19.1. The maximum Gasteiger partial charge on any atom is 0.340 e. The Bertz CT molecular complexity index is 966. The van der Waals surface area contributed by atoms with Crippen LogP contribution in [-0.2, 0) is 4.74 Å². The van der Waals surface area contributed by atoms with Crippen LogP contribution in [0.4, 0.5) is 31.8 Å². The number of nitrogens with zero attached hydrogens (tertiary/aromatic N) is 2. The third-order valence-corrected chi connectivity index (χ3v) is 3.55. The molecule has 0 amide bonds. The Labute approximate surface area is 154 Å². The molecule has 8 heteroatoms. The smallest absolute Gasteiger partial charge is 0.340 e. The number of benzene rings is 2. The molecule has 3 rings (SSSR count). The van der Waals surface area contributed by atoms with Crippen molar-refractivity contribution in [1.82, 2.24) is 9.97 Å². The maximum atomic E-state index is 13.8. The van der Waals surface area contributed by atoms with E-state index in [0.29, 0.717) is 22.9 Å². The molecule has 3 aromatic rings. The van der Waals surface area contributed by atoms with E-state index in [4.69, 9.17) is 4.74 Å². The number of hydrogen-bond acceptors (Lipinski definition) is 6. The van der Waals surface area contributed by atoms with Crippen molar-refractivity contribution in [3.63, 3.8) is 0 Å². The Morgan fingerprint density at radius 2 is 1.70 bits per heavy atom. The van der Waals surface area contributed by atoms with Crippen LogP contribution in [0.5, 0.6) is 0 Å². The number of esters is 1. The van der Waals surface area contributed by atoms with Crippen molar-refractivity contribution in [2.45, 2.75) is 6.92 Å². The predicted octanol–water partition coefficient (Wildman–Crippen LogP) is 4.42. The topological polar surface area (TPSA) is 76.1 Å². The molecule has 0 unspecified atom stereocenters. The predicted molar refractivity (Wildman–Crippen MR) is 97.4 cm³/mol. The fourth-order valence-corrected chi connectivity index (χ4v) is 2.34. The molecule has 0 saturated heterocycles. The molecule has 0 aliphatic heterocycles. The van der Waals surface area contributed by atoms with Gasteiger partial charge in [0.05, 0.1) is 23.5 Å². The monoisotopic (exact) mass is 370 g/mol. The lowest BCUT2D eigenvalue weighted by molar-refractivity contribution is 0.0527. The van der Waals surface area contributed by atoms with Crippen LogP contribution < -0.4 is 10.6 Å². The van der Waals surface area contributed by atoms with Crippen molar-refractivity contribution >= 4 is 29.0 Å². The Balaban J connectivity index is 1.82. The second-order valence-electron chi connectivity index (χ2n) is 5.43. The lowest BCUT2D eigenvalue weighted by atomic mass is 10.2. The first kappa shape index (κ1) is 18.2. The molecule has 1 aromatic heterocycles. The summed E-state index contributed by atoms with van der Waals surface area (Å²) >= 11 is 0. The number of aromatic nitrogens is 2. The third kappa shape index (κ3) is 4.55. The van der Waals surface area contributed by atoms with Crippen molar-refractivity contribution in [2.24, 2.45) is 0 Å². The molecular weight excluding hydrogens is 354 g/mol. The Kier molecular flexibility index (Phi) is 5.55. The molecule has 27 heavy (non-hydrogen) atoms. The fourth-order valence-electron chi connectivity index (χ4n) is 2.34. The van der Waals surface area contributed by atoms with Gasteiger partial charge in [0.15, 0.2) is 0 Å². The molecule has 0 radical (unpaired) electrons. The highest BCUT2D eigenvalue weighted by Crippen LogP contribution is 2.24. The molecule has 2 aromatic carbocycles. The summed E-state index contributed by atoms with van der Waals surface area (Å²) < 4.78 is 31.8. The second-order valence-corrected chi connectivity index (χ2v) is 5.43. The van der Waals surface area contributed by atoms with E-state index < -0.39 is 17.6 Å². The van der Waals surface area contributed by atoms with Gasteiger partial charge in [0.2, 0.25) is 0 Å². The van der Waals surface area contributed by atoms with Crippen molar-refractivity contribution in [3.8, 4) is 0 Å². The van der Waals surface area contributed by atoms with Crippen LogP contribution in [0.1, 0.15) is 17.3 Å². The van der Waals surface area contributed by atoms with Gasteiger partial charge in [0, 0.05) is 12.1 Å². The minimum absolute atomic E-state index is 0.0768. The summed E-state index contributed by atoms with van der Waals surface area (Å²) in [5.41, 5.74) is 0.943. The van der Waals surface area contributed by atoms with E-state index in [-0.39, 0.29) is 12.3 Å². The zero-order valence-corrected chi connectivity index (χ0v) is 14.4. The lowest BCUT2D eigenvalue weighted by Crippen LogP contribution is -2.08. The molecule has 0 spiro atoms. The Hall–Kier alpha value is -3.55. The highest BCUT2D eigenvalue weighted by Gasteiger charge is 2.13. The van der Waals surface area contributed by atoms with E-state index in [1.54, 1.807) is 31.2 Å². The second kappa shape index (κ2) is 8.22. The number of halogens is 2. The van der Waals surface area contributed by atoms with Crippen LogP contribution in [-0.4, -0.2) is 22.5 Å². The summed E-state index contributed by atoms with van der Waals surface area (Å²) in [6.45, 7) is 1.99. The quantitative estimate of drug-likeness (QED) is 0.626. The number of nitrogens with one attached hydrogen (secondary N) is 2. The normalized spacial score (nSPS) is 10.3. The zero-order valence-electron chi connectivity index (χ0n) is 14.4. The number of carbonyl (C=O) groups is 1. The molecule has 0 saturated carbocycles. The van der Waals surface area contributed by atoms with Gasteiger partial charge in [-0.25, -0.2) is 23.5 Å². The number of para-hydroxylation sites is 1. The van der Waals surface area contributed by atoms with E-state index in [9.17, 15) is 13.6 Å². The van der Waals surface area contributed by atoms with Gasteiger partial charge in [-0.3, -0.25) is 0 Å². The van der Waals surface area contributed by atoms with Gasteiger partial charge < -0.3 is 15.4 Å². The van der Waals surface area contributed by atoms with Crippen LogP contribution in [0, 0.1) is 11.6 Å². The number of carbonyl (C=O) groups excluding carboxylic acids is 1. The average Bonchev–Trinajstić information content (AvgIpc) is 2.65. The summed E-state index contributed by atoms with van der Waals surface area (Å²) in [4.78, 5) is 20.2. The van der Waals surface area contributed by atoms with Crippen LogP contribution in [0.15, 0.2) is 54.9 Å². The first-order chi connectivity index (χ1) is 13.1. The Morgan fingerprint density at radius 3 is 2.41 bits per heavy atom. The number of hydrogen-bond donors (Lipinski definition) is 2. The van der Waals surface area contributed by atoms with Crippen LogP contribution in [0.25, 0.3) is 0 Å². The van der Waals surface area contributed by atoms with Gasteiger partial charge in [-0.1, -0.05) is 12.1 Å². The first-order valence-electron chi connectivity index (χ1n) is 8.14. The summed E-state index contributed by atoms with van der Waals surface area (Å²) in [5.74, 6) is -1.19. The van der Waals surface area contributed by atoms with Crippen molar-refractivity contribution < 1.29 is 18.3 Å². The number of ether oxygens (including phenoxy) is 1. The molecule has 138 valence electrons. The van der Waals surface area contributed by atoms with Crippen LogP contribution >= 0.6 is 0 Å². The standard InChI is InChI=1S/C19H16F2N4O2/c1-2-27-19(26)13-5-3-4-6-15(13)24-17-10-18(23-11-22-17)25-16-8-7-12(20)9-14(16)21/h3-11H,2H2,1H3,(H2,22,23,24,25). The molecule has 0 aliphatic rings. The summed E-state index contributed by atoms with van der Waals surface area (Å²) in [7, 11) is 0. The van der Waals surface area contributed by atoms with Crippen molar-refractivity contribution in [1.29, 1.82) is 0 Å². The van der Waals surface area contributed by atoms with Gasteiger partial charge in [-0.15, -0.1) is 0 Å². The molecule has 6 nitrogen and oxygen atoms in total. The van der Waals surface area contributed by atoms with E-state index in [1.807, 2.05) is 0 Å². The molecular formula is C19H16F2N4O2. The Morgan fingerprint density at radius 1 is 1.00 bits per heavy atom. The van der Waals surface area contributed by atoms with Crippen molar-refractivity contribution in [3.05, 3.63) is 72.1 Å². The van der Waals surface area contributed by atoms with Gasteiger partial charge in [-0.2, -0.15) is 0 Å². The van der Waals surface area contributed by atoms with Crippen LogP contribution in [0.2, 0.25) is 0 Å². The van der Waals surface area contributed by atoms with E-state index in [2.05, 4.69) is 20.6 Å². The summed E-state index contributed by atoms with van der Waals surface area (Å²) in [6, 6.07) is 11.6. The first-order valence-corrected chi connectivity index (χ1v) is 8.14. The molecule has 0 fully saturated rings. The van der Waals surface area contributed by atoms with Gasteiger partial charge in [-0.05, 0) is 31.2 Å². The van der Waals surface area contributed by atoms with Crippen molar-refractivity contribution in [2.75, 3.05) is 17.2 Å². The zero-order chi connectivity index (χ0) is 19.2. The molecule has 0 bridgehead atoms. The maximum absolute atomic E-state index is 13.8. The molecule has 1 heterocycles. The number of rotatable bonds is 6. The van der Waals surface area contributed by atoms with E-state index in [1.165, 1.54) is 18.5 Å². The molecule has 2 N–H and O–H groups in total. The SMILES string of the molecule is CCOC(=O)c1ccccc1Nc1cc(Nc2ccc(F)cc2F)ncn1. The fraction of sp³-hybridized carbons (Fsp3) is 0.105. The molecule has 0 atom stereocenters. The van der Waals surface area contributed by atoms with E-state index >= 15 is 0 Å². The lowest BCUT2D eigenvalue weighted by Gasteiger charge is -2.12. The van der Waals surface area contributed by atoms with E-state index in [0.717, 1.165) is 12.1 Å². The average molecular weight is 370 g/mol. The minimum Gasteiger partial charge on any atom is -0.462 e. The van der Waals surface area contributed by atoms with Gasteiger partial charge in [0.25, 0.3) is 0 Å². The highest BCUT2D eigenvalue weighted by molar-refractivity contribution is 5.96. The van der Waals surface area contributed by atoms with Gasteiger partial charge in [0.1, 0.15) is 29.6 Å². The summed E-state index contributed by atoms with van der Waals surface area (Å²) in [5, 5.41) is 5.77.